The molecule has 2 saturated carbocycles. The minimum atomic E-state index is -1.27. The van der Waals surface area contributed by atoms with Crippen LogP contribution in [0.1, 0.15) is 88.4 Å². The van der Waals surface area contributed by atoms with Crippen molar-refractivity contribution in [2.24, 2.45) is 28.6 Å². The molecular formula is C37H43NO8. The van der Waals surface area contributed by atoms with Crippen molar-refractivity contribution < 1.29 is 33.3 Å². The topological polar surface area (TPSA) is 125 Å². The number of aliphatic hydroxyl groups excluding tert-OH is 1. The van der Waals surface area contributed by atoms with Crippen molar-refractivity contribution in [1.29, 1.82) is 0 Å². The van der Waals surface area contributed by atoms with Crippen molar-refractivity contribution in [1.82, 2.24) is 4.98 Å². The third-order valence-corrected chi connectivity index (χ3v) is 11.5. The highest BCUT2D eigenvalue weighted by Gasteiger charge is 2.70. The summed E-state index contributed by atoms with van der Waals surface area (Å²) in [5.74, 6) is -1.02. The lowest BCUT2D eigenvalue weighted by Gasteiger charge is -2.66. The van der Waals surface area contributed by atoms with Gasteiger partial charge < -0.3 is 23.7 Å². The van der Waals surface area contributed by atoms with E-state index in [4.69, 9.17) is 18.6 Å². The zero-order chi connectivity index (χ0) is 33.0. The molecule has 2 aliphatic carbocycles. The lowest BCUT2D eigenvalue weighted by molar-refractivity contribution is -0.257. The second-order valence-corrected chi connectivity index (χ2v) is 14.1. The normalized spacial score (nSPS) is 33.1. The molecule has 46 heavy (non-hydrogen) atoms. The summed E-state index contributed by atoms with van der Waals surface area (Å²) in [6.07, 6.45) is 3.97. The van der Waals surface area contributed by atoms with E-state index >= 15 is 0 Å². The zero-order valence-corrected chi connectivity index (χ0v) is 27.4. The summed E-state index contributed by atoms with van der Waals surface area (Å²) in [7, 11) is 0. The van der Waals surface area contributed by atoms with Crippen LogP contribution in [0.15, 0.2) is 64.1 Å². The Morgan fingerprint density at radius 2 is 1.87 bits per heavy atom. The molecule has 1 aromatic carbocycles. The monoisotopic (exact) mass is 629 g/mol. The van der Waals surface area contributed by atoms with E-state index in [1.807, 2.05) is 19.1 Å². The number of aliphatic hydroxyl groups is 1. The number of nitrogens with zero attached hydrogens (tertiary/aromatic N) is 1. The number of benzene rings is 1. The molecule has 3 aliphatic rings. The lowest BCUT2D eigenvalue weighted by atomic mass is 9.41. The largest absolute Gasteiger partial charge is 0.482 e. The molecule has 1 aliphatic heterocycles. The van der Waals surface area contributed by atoms with E-state index in [9.17, 15) is 19.5 Å². The summed E-state index contributed by atoms with van der Waals surface area (Å²) >= 11 is 0. The van der Waals surface area contributed by atoms with Crippen LogP contribution in [0.25, 0.3) is 11.3 Å². The third kappa shape index (κ3) is 5.13. The number of fused-ring (bicyclic) bond motifs is 4. The van der Waals surface area contributed by atoms with Gasteiger partial charge in [-0.25, -0.2) is 9.59 Å². The van der Waals surface area contributed by atoms with Gasteiger partial charge in [-0.05, 0) is 79.7 Å². The SMILES string of the molecule is CCc1ccc(C(=O)O[C@H]2CC3C(C)(COC(C)=O)[C@@H](C)CC[C@]3(C)C3[C@@H](O)c4c(cc(-c5cccnc5)oc4=O)O[C@@]32C)cc1. The van der Waals surface area contributed by atoms with Crippen molar-refractivity contribution in [2.45, 2.75) is 85.0 Å². The summed E-state index contributed by atoms with van der Waals surface area (Å²) in [5.41, 5.74) is -0.806. The van der Waals surface area contributed by atoms with Gasteiger partial charge in [0.25, 0.3) is 0 Å². The van der Waals surface area contributed by atoms with Gasteiger partial charge in [-0.2, -0.15) is 0 Å². The van der Waals surface area contributed by atoms with Gasteiger partial charge in [0.2, 0.25) is 0 Å². The first-order chi connectivity index (χ1) is 21.8. The van der Waals surface area contributed by atoms with Crippen LogP contribution >= 0.6 is 0 Å². The predicted octanol–water partition coefficient (Wildman–Crippen LogP) is 6.32. The Hall–Kier alpha value is -3.98. The Balaban J connectivity index is 1.48. The molecule has 3 heterocycles. The molecule has 8 atom stereocenters. The van der Waals surface area contributed by atoms with E-state index in [1.54, 1.807) is 42.7 Å². The maximum Gasteiger partial charge on any atom is 0.345 e. The highest BCUT2D eigenvalue weighted by molar-refractivity contribution is 5.89. The van der Waals surface area contributed by atoms with Crippen molar-refractivity contribution in [2.75, 3.05) is 6.61 Å². The summed E-state index contributed by atoms with van der Waals surface area (Å²) in [5, 5.41) is 12.3. The Morgan fingerprint density at radius 3 is 2.52 bits per heavy atom. The van der Waals surface area contributed by atoms with Crippen LogP contribution < -0.4 is 10.4 Å². The molecule has 0 bridgehead atoms. The average Bonchev–Trinajstić information content (AvgIpc) is 3.03. The Bertz CT molecular complexity index is 1690. The van der Waals surface area contributed by atoms with Crippen molar-refractivity contribution in [3.63, 3.8) is 0 Å². The Labute approximate surface area is 269 Å². The smallest absolute Gasteiger partial charge is 0.345 e. The number of aryl methyl sites for hydroxylation is 1. The number of ether oxygens (including phenoxy) is 3. The van der Waals surface area contributed by atoms with E-state index < -0.39 is 46.2 Å². The molecule has 2 fully saturated rings. The summed E-state index contributed by atoms with van der Waals surface area (Å²) in [4.78, 5) is 43.5. The molecule has 3 unspecified atom stereocenters. The second kappa shape index (κ2) is 11.7. The van der Waals surface area contributed by atoms with Gasteiger partial charge in [0.05, 0.1) is 18.3 Å². The van der Waals surface area contributed by atoms with Crippen LogP contribution in [-0.4, -0.2) is 40.3 Å². The molecule has 0 radical (unpaired) electrons. The quantitative estimate of drug-likeness (QED) is 0.312. The number of carbonyl (C=O) groups is 2. The number of esters is 2. The van der Waals surface area contributed by atoms with Gasteiger partial charge in [0.1, 0.15) is 28.8 Å². The van der Waals surface area contributed by atoms with Gasteiger partial charge in [-0.3, -0.25) is 9.78 Å². The van der Waals surface area contributed by atoms with E-state index in [2.05, 4.69) is 32.7 Å². The van der Waals surface area contributed by atoms with E-state index in [0.29, 0.717) is 17.5 Å². The van der Waals surface area contributed by atoms with Gasteiger partial charge in [-0.15, -0.1) is 0 Å². The number of hydrogen-bond acceptors (Lipinski definition) is 9. The Morgan fingerprint density at radius 1 is 1.13 bits per heavy atom. The van der Waals surface area contributed by atoms with Crippen LogP contribution in [0, 0.1) is 28.6 Å². The first kappa shape index (κ1) is 32.0. The fourth-order valence-corrected chi connectivity index (χ4v) is 8.77. The zero-order valence-electron chi connectivity index (χ0n) is 27.4. The second-order valence-electron chi connectivity index (χ2n) is 14.1. The number of carbonyl (C=O) groups excluding carboxylic acids is 2. The molecule has 0 spiro atoms. The minimum absolute atomic E-state index is 0.0533. The van der Waals surface area contributed by atoms with Gasteiger partial charge >= 0.3 is 17.6 Å². The third-order valence-electron chi connectivity index (χ3n) is 11.5. The standard InChI is InChI=1S/C37H43NO8/c1-7-23-10-12-24(13-11-23)33(41)45-29-18-28-35(4,15-14-21(2)36(28,5)20-43-22(3)39)32-31(40)30-27(46-37(29,32)6)17-26(44-34(30)42)25-9-8-16-38-19-25/h8-13,16-17,19,21,28-29,31-32,40H,7,14-15,18,20H2,1-6H3/t21-,28?,29-,31-,32?,35-,36?,37+/m0/s1. The van der Waals surface area contributed by atoms with E-state index in [-0.39, 0.29) is 41.5 Å². The summed E-state index contributed by atoms with van der Waals surface area (Å²) in [6, 6.07) is 12.5. The highest BCUT2D eigenvalue weighted by atomic mass is 16.6. The van der Waals surface area contributed by atoms with Crippen LogP contribution in [-0.2, 0) is 20.7 Å². The summed E-state index contributed by atoms with van der Waals surface area (Å²) in [6.45, 7) is 11.9. The van der Waals surface area contributed by atoms with E-state index in [0.717, 1.165) is 24.8 Å². The van der Waals surface area contributed by atoms with E-state index in [1.165, 1.54) is 6.92 Å². The maximum absolute atomic E-state index is 13.7. The van der Waals surface area contributed by atoms with Gasteiger partial charge in [0, 0.05) is 42.3 Å². The number of rotatable bonds is 6. The fourth-order valence-electron chi connectivity index (χ4n) is 8.77. The molecule has 1 N–H and O–H groups in total. The van der Waals surface area contributed by atoms with Crippen molar-refractivity contribution >= 4 is 11.9 Å². The Kier molecular flexibility index (Phi) is 8.12. The number of pyridine rings is 1. The van der Waals surface area contributed by atoms with Crippen LogP contribution in [0.4, 0.5) is 0 Å². The average molecular weight is 630 g/mol. The van der Waals surface area contributed by atoms with Crippen molar-refractivity contribution in [3.05, 3.63) is 82.0 Å². The molecule has 3 aromatic rings. The predicted molar refractivity (Wildman–Crippen MR) is 170 cm³/mol. The number of aromatic nitrogens is 1. The van der Waals surface area contributed by atoms with Crippen LogP contribution in [0.2, 0.25) is 0 Å². The first-order valence-electron chi connectivity index (χ1n) is 16.2. The molecule has 0 amide bonds. The van der Waals surface area contributed by atoms with Crippen LogP contribution in [0.5, 0.6) is 5.75 Å². The summed E-state index contributed by atoms with van der Waals surface area (Å²) < 4.78 is 24.6. The molecule has 244 valence electrons. The number of hydrogen-bond donors (Lipinski definition) is 1. The first-order valence-corrected chi connectivity index (χ1v) is 16.2. The fraction of sp³-hybridized carbons (Fsp3) is 0.514. The molecule has 2 aromatic heterocycles. The maximum atomic E-state index is 13.7. The molecule has 0 saturated heterocycles. The molecule has 6 rings (SSSR count). The highest BCUT2D eigenvalue weighted by Crippen LogP contribution is 2.68. The van der Waals surface area contributed by atoms with Crippen molar-refractivity contribution in [3.8, 4) is 17.1 Å². The minimum Gasteiger partial charge on any atom is -0.482 e. The lowest BCUT2D eigenvalue weighted by Crippen LogP contribution is -2.70. The van der Waals surface area contributed by atoms with Gasteiger partial charge in [-0.1, -0.05) is 39.8 Å². The van der Waals surface area contributed by atoms with Gasteiger partial charge in [0.15, 0.2) is 0 Å². The molecular weight excluding hydrogens is 586 g/mol. The molecule has 9 heteroatoms. The van der Waals surface area contributed by atoms with Crippen LogP contribution in [0.3, 0.4) is 0 Å². The molecule has 9 nitrogen and oxygen atoms in total.